The Morgan fingerprint density at radius 3 is 2.53 bits per heavy atom. The first-order chi connectivity index (χ1) is 16.5. The highest BCUT2D eigenvalue weighted by molar-refractivity contribution is 7.97. The van der Waals surface area contributed by atoms with Gasteiger partial charge in [0.2, 0.25) is 11.8 Å². The molecule has 2 unspecified atom stereocenters. The van der Waals surface area contributed by atoms with E-state index in [1.165, 1.54) is 12.8 Å². The topological polar surface area (TPSA) is 90.9 Å². The summed E-state index contributed by atoms with van der Waals surface area (Å²) >= 11 is 1.60. The molecule has 0 spiro atoms. The summed E-state index contributed by atoms with van der Waals surface area (Å²) in [6.07, 6.45) is 2.34. The van der Waals surface area contributed by atoms with E-state index >= 15 is 0 Å². The van der Waals surface area contributed by atoms with Crippen LogP contribution in [0.2, 0.25) is 0 Å². The van der Waals surface area contributed by atoms with E-state index in [0.29, 0.717) is 18.9 Å². The summed E-state index contributed by atoms with van der Waals surface area (Å²) in [6, 6.07) is 17.2. The van der Waals surface area contributed by atoms with Gasteiger partial charge in [-0.1, -0.05) is 36.4 Å². The molecule has 1 saturated carbocycles. The number of aliphatic hydroxyl groups is 1. The van der Waals surface area contributed by atoms with E-state index in [-0.39, 0.29) is 24.7 Å². The Labute approximate surface area is 206 Å². The number of ether oxygens (including phenoxy) is 1. The molecule has 184 valence electrons. The van der Waals surface area contributed by atoms with Crippen molar-refractivity contribution in [2.75, 3.05) is 27.2 Å². The van der Waals surface area contributed by atoms with E-state index in [2.05, 4.69) is 14.9 Å². The maximum Gasteiger partial charge on any atom is 0.220 e. The van der Waals surface area contributed by atoms with Gasteiger partial charge < -0.3 is 20.5 Å². The maximum absolute atomic E-state index is 12.6. The second kappa shape index (κ2) is 13.4. The molecule has 34 heavy (non-hydrogen) atoms. The molecule has 3 rings (SSSR count). The number of nitrogens with zero attached hydrogens (tertiary/aromatic N) is 1. The second-order valence-electron chi connectivity index (χ2n) is 8.66. The molecule has 2 atom stereocenters. The van der Waals surface area contributed by atoms with E-state index in [1.807, 2.05) is 54.6 Å². The number of aliphatic hydroxyl groups excluding tert-OH is 1. The lowest BCUT2D eigenvalue weighted by atomic mass is 10.0. The van der Waals surface area contributed by atoms with Gasteiger partial charge >= 0.3 is 0 Å². The predicted octanol–water partition coefficient (Wildman–Crippen LogP) is 3.03. The van der Waals surface area contributed by atoms with Crippen molar-refractivity contribution in [1.82, 2.24) is 14.9 Å². The van der Waals surface area contributed by atoms with E-state index in [0.717, 1.165) is 22.8 Å². The minimum absolute atomic E-state index is 0.0853. The molecule has 0 saturated heterocycles. The number of hydrogen-bond donors (Lipinski definition) is 3. The lowest BCUT2D eigenvalue weighted by molar-refractivity contribution is -0.127. The molecule has 3 N–H and O–H groups in total. The minimum atomic E-state index is -0.777. The zero-order chi connectivity index (χ0) is 24.3. The quantitative estimate of drug-likeness (QED) is 0.357. The van der Waals surface area contributed by atoms with Gasteiger partial charge in [-0.2, -0.15) is 0 Å². The number of rotatable bonds is 14. The molecule has 7 nitrogen and oxygen atoms in total. The summed E-state index contributed by atoms with van der Waals surface area (Å²) in [7, 11) is 3.20. The number of carbonyl (C=O) groups excluding carboxylic acids is 2. The molecule has 2 aromatic rings. The van der Waals surface area contributed by atoms with Crippen LogP contribution in [0.5, 0.6) is 5.75 Å². The van der Waals surface area contributed by atoms with Crippen LogP contribution in [0.3, 0.4) is 0 Å². The molecule has 0 aliphatic heterocycles. The Morgan fingerprint density at radius 2 is 1.85 bits per heavy atom. The third-order valence-electron chi connectivity index (χ3n) is 5.79. The molecule has 8 heteroatoms. The Morgan fingerprint density at radius 1 is 1.12 bits per heavy atom. The highest BCUT2D eigenvalue weighted by Crippen LogP contribution is 2.34. The van der Waals surface area contributed by atoms with Crippen molar-refractivity contribution < 1.29 is 19.4 Å². The largest absolute Gasteiger partial charge is 0.497 e. The van der Waals surface area contributed by atoms with E-state index in [4.69, 9.17) is 4.74 Å². The fourth-order valence-corrected chi connectivity index (χ4v) is 4.78. The van der Waals surface area contributed by atoms with Gasteiger partial charge in [-0.3, -0.25) is 9.59 Å². The van der Waals surface area contributed by atoms with E-state index < -0.39 is 12.1 Å². The van der Waals surface area contributed by atoms with Gasteiger partial charge in [0.25, 0.3) is 0 Å². The summed E-state index contributed by atoms with van der Waals surface area (Å²) in [6.45, 7) is 1.28. The first-order valence-corrected chi connectivity index (χ1v) is 12.5. The number of nitrogens with one attached hydrogen (secondary N) is 2. The van der Waals surface area contributed by atoms with E-state index in [1.54, 1.807) is 26.1 Å². The Balaban J connectivity index is 1.68. The van der Waals surface area contributed by atoms with Crippen LogP contribution in [0.4, 0.5) is 0 Å². The molecule has 0 aromatic heterocycles. The van der Waals surface area contributed by atoms with Crippen molar-refractivity contribution >= 4 is 23.8 Å². The zero-order valence-electron chi connectivity index (χ0n) is 19.9. The minimum Gasteiger partial charge on any atom is -0.497 e. The first kappa shape index (κ1) is 26.1. The fourth-order valence-electron chi connectivity index (χ4n) is 3.66. The lowest BCUT2D eigenvalue weighted by Crippen LogP contribution is -2.49. The molecule has 1 aliphatic rings. The zero-order valence-corrected chi connectivity index (χ0v) is 20.7. The van der Waals surface area contributed by atoms with Gasteiger partial charge in [0.15, 0.2) is 0 Å². The van der Waals surface area contributed by atoms with Crippen molar-refractivity contribution in [2.24, 2.45) is 5.92 Å². The van der Waals surface area contributed by atoms with Gasteiger partial charge in [-0.25, -0.2) is 4.31 Å². The van der Waals surface area contributed by atoms with Gasteiger partial charge in [-0.05, 0) is 60.9 Å². The number of carbonyl (C=O) groups is 2. The lowest BCUT2D eigenvalue weighted by Gasteiger charge is -2.29. The van der Waals surface area contributed by atoms with Crippen molar-refractivity contribution in [3.05, 3.63) is 60.2 Å². The van der Waals surface area contributed by atoms with Crippen LogP contribution in [-0.2, 0) is 16.0 Å². The summed E-state index contributed by atoms with van der Waals surface area (Å²) < 4.78 is 7.54. The van der Waals surface area contributed by atoms with Crippen molar-refractivity contribution in [1.29, 1.82) is 0 Å². The van der Waals surface area contributed by atoms with Gasteiger partial charge in [0, 0.05) is 37.9 Å². The maximum atomic E-state index is 12.6. The van der Waals surface area contributed by atoms with Crippen LogP contribution in [0.1, 0.15) is 31.2 Å². The average Bonchev–Trinajstić information content (AvgIpc) is 3.66. The van der Waals surface area contributed by atoms with Crippen LogP contribution in [0.25, 0.3) is 0 Å². The highest BCUT2D eigenvalue weighted by atomic mass is 32.2. The molecular formula is C26H35N3O4S. The Bertz CT molecular complexity index is 923. The molecule has 2 aromatic carbocycles. The van der Waals surface area contributed by atoms with Crippen molar-refractivity contribution in [3.63, 3.8) is 0 Å². The summed E-state index contributed by atoms with van der Waals surface area (Å²) in [5.41, 5.74) is 1.03. The third kappa shape index (κ3) is 9.00. The first-order valence-electron chi connectivity index (χ1n) is 11.8. The summed E-state index contributed by atoms with van der Waals surface area (Å²) in [5.74, 6) is 1.01. The summed E-state index contributed by atoms with van der Waals surface area (Å²) in [4.78, 5) is 25.2. The number of hydrogen-bond acceptors (Lipinski definition) is 6. The molecule has 0 heterocycles. The average molecular weight is 486 g/mol. The molecule has 1 fully saturated rings. The van der Waals surface area contributed by atoms with Crippen LogP contribution < -0.4 is 15.4 Å². The molecule has 1 aliphatic carbocycles. The molecular weight excluding hydrogens is 450 g/mol. The smallest absolute Gasteiger partial charge is 0.220 e. The van der Waals surface area contributed by atoms with Gasteiger partial charge in [-0.15, -0.1) is 0 Å². The molecule has 0 bridgehead atoms. The fraction of sp³-hybridized carbons (Fsp3) is 0.462. The monoisotopic (exact) mass is 485 g/mol. The number of benzene rings is 2. The van der Waals surface area contributed by atoms with Crippen LogP contribution >= 0.6 is 11.9 Å². The Hall–Kier alpha value is -2.55. The highest BCUT2D eigenvalue weighted by Gasteiger charge is 2.29. The molecule has 0 radical (unpaired) electrons. The van der Waals surface area contributed by atoms with Crippen molar-refractivity contribution in [3.8, 4) is 5.75 Å². The predicted molar refractivity (Wildman–Crippen MR) is 135 cm³/mol. The van der Waals surface area contributed by atoms with Crippen LogP contribution in [0.15, 0.2) is 59.5 Å². The Kier molecular flexibility index (Phi) is 10.2. The second-order valence-corrected chi connectivity index (χ2v) is 9.84. The number of amides is 2. The van der Waals surface area contributed by atoms with Crippen LogP contribution in [0, 0.1) is 5.92 Å². The SMILES string of the molecule is CNC(=O)CCC(=O)NC(Cc1ccccc1)C(O)CN(CC1CC1)Sc1cccc(OC)c1. The van der Waals surface area contributed by atoms with Crippen LogP contribution in [-0.4, -0.2) is 60.6 Å². The van der Waals surface area contributed by atoms with E-state index in [9.17, 15) is 14.7 Å². The van der Waals surface area contributed by atoms with Crippen molar-refractivity contribution in [2.45, 2.75) is 49.1 Å². The number of methoxy groups -OCH3 is 1. The normalized spacial score (nSPS) is 14.9. The third-order valence-corrected chi connectivity index (χ3v) is 6.81. The van der Waals surface area contributed by atoms with Gasteiger partial charge in [0.1, 0.15) is 5.75 Å². The standard InChI is InChI=1S/C26H35N3O4S/c1-27-25(31)13-14-26(32)28-23(15-19-7-4-3-5-8-19)24(30)18-29(17-20-11-12-20)34-22-10-6-9-21(16-22)33-2/h3-10,16,20,23-24,30H,11-15,17-18H2,1-2H3,(H,27,31)(H,28,32). The molecule has 2 amide bonds. The van der Waals surface area contributed by atoms with Gasteiger partial charge in [0.05, 0.1) is 19.3 Å². The summed E-state index contributed by atoms with van der Waals surface area (Å²) in [5, 5.41) is 16.8.